The van der Waals surface area contributed by atoms with E-state index in [0.717, 1.165) is 70.3 Å². The van der Waals surface area contributed by atoms with Crippen LogP contribution in [0.4, 0.5) is 26.7 Å². The van der Waals surface area contributed by atoms with Crippen LogP contribution in [-0.4, -0.2) is 175 Å². The van der Waals surface area contributed by atoms with Gasteiger partial charge in [0.2, 0.25) is 17.6 Å². The van der Waals surface area contributed by atoms with Crippen molar-refractivity contribution in [2.75, 3.05) is 78.9 Å². The molecule has 512 valence electrons. The monoisotopic (exact) mass is 1420 g/mol. The van der Waals surface area contributed by atoms with Gasteiger partial charge in [0.1, 0.15) is 81.6 Å². The molecule has 1 aliphatic carbocycles. The second-order valence-corrected chi connectivity index (χ2v) is 28.1. The van der Waals surface area contributed by atoms with Gasteiger partial charge >= 0.3 is 12.2 Å². The maximum absolute atomic E-state index is 12.7. The molecule has 0 spiro atoms. The summed E-state index contributed by atoms with van der Waals surface area (Å²) in [6, 6.07) is 15.6. The summed E-state index contributed by atoms with van der Waals surface area (Å²) < 4.78 is 47.8. The average molecular weight is 1420 g/mol. The molecule has 6 aromatic heterocycles. The SMILES string of the molecule is Cl.[C-]#[N+]c1ccc(-c2c[nH]c3c(OC4C5CNCC4COC5)ncnc23)c(Cl)c1.[C-]#[N+]c1ccc(-c2c[nH]c3c(OC4C5COCC4CN(C(=O)OC(C)(C)C)C5)ncnc23)c(Cl)c1.[C-]#[N+]c1ccc(-c2c[nH]c3c(OC4C5COCC4CN(C(=O)OC4(C)CC4)C5)ncnc23)c(Cl)c1. The normalized spacial score (nSPS) is 23.3. The van der Waals surface area contributed by atoms with Gasteiger partial charge in [0, 0.05) is 142 Å². The quantitative estimate of drug-likeness (QED) is 0.0927. The molecule has 3 aromatic carbocycles. The second kappa shape index (κ2) is 28.6. The van der Waals surface area contributed by atoms with E-state index in [2.05, 4.69) is 64.7 Å². The van der Waals surface area contributed by atoms with E-state index >= 15 is 0 Å². The number of carbonyl (C=O) groups excluding carboxylic acids is 2. The Labute approximate surface area is 590 Å². The Hall–Kier alpha value is -9.07. The van der Waals surface area contributed by atoms with Crippen molar-refractivity contribution in [2.24, 2.45) is 35.5 Å². The van der Waals surface area contributed by atoms with E-state index in [4.69, 9.17) is 92.4 Å². The fourth-order valence-electron chi connectivity index (χ4n) is 13.7. The highest BCUT2D eigenvalue weighted by molar-refractivity contribution is 6.35. The first kappa shape index (κ1) is 68.5. The molecule has 16 rings (SSSR count). The lowest BCUT2D eigenvalue weighted by Gasteiger charge is -2.46. The first-order valence-electron chi connectivity index (χ1n) is 32.3. The minimum Gasteiger partial charge on any atom is -0.472 e. The number of likely N-dealkylation sites (tertiary alicyclic amines) is 2. The zero-order valence-electron chi connectivity index (χ0n) is 54.3. The topological polar surface area (TPSA) is 264 Å². The summed E-state index contributed by atoms with van der Waals surface area (Å²) in [4.78, 5) is 75.5. The third-order valence-corrected chi connectivity index (χ3v) is 19.7. The van der Waals surface area contributed by atoms with Gasteiger partial charge < -0.3 is 68.0 Å². The van der Waals surface area contributed by atoms with Crippen molar-refractivity contribution in [3.63, 3.8) is 0 Å². The van der Waals surface area contributed by atoms with Crippen LogP contribution in [0.2, 0.25) is 15.1 Å². The number of carbonyl (C=O) groups is 2. The average Bonchev–Trinajstić information content (AvgIpc) is 1.69. The fraction of sp³-hybridized carbons (Fsp3) is 0.414. The summed E-state index contributed by atoms with van der Waals surface area (Å²) in [5, 5.41) is 4.91. The smallest absolute Gasteiger partial charge is 0.410 e. The number of aromatic amines is 3. The molecule has 1 saturated carbocycles. The number of nitrogens with one attached hydrogen (secondary N) is 4. The molecule has 25 nitrogen and oxygen atoms in total. The van der Waals surface area contributed by atoms with Crippen molar-refractivity contribution in [1.29, 1.82) is 0 Å². The highest BCUT2D eigenvalue weighted by atomic mass is 35.5. The van der Waals surface area contributed by atoms with E-state index < -0.39 is 5.60 Å². The van der Waals surface area contributed by atoms with Gasteiger partial charge in [0.05, 0.1) is 59.4 Å². The number of aromatic nitrogens is 9. The molecule has 9 aromatic rings. The zero-order chi connectivity index (χ0) is 68.0. The van der Waals surface area contributed by atoms with Crippen LogP contribution in [-0.2, 0) is 23.7 Å². The highest BCUT2D eigenvalue weighted by Crippen LogP contribution is 2.44. The molecular weight excluding hydrogens is 1350 g/mol. The molecule has 12 heterocycles. The molecule has 7 aliphatic rings. The van der Waals surface area contributed by atoms with E-state index in [0.29, 0.717) is 149 Å². The third kappa shape index (κ3) is 14.4. The van der Waals surface area contributed by atoms with Crippen LogP contribution in [0.15, 0.2) is 92.2 Å². The van der Waals surface area contributed by atoms with Crippen LogP contribution in [0.5, 0.6) is 17.6 Å². The van der Waals surface area contributed by atoms with Crippen molar-refractivity contribution in [3.8, 4) is 51.0 Å². The Morgan fingerprint density at radius 1 is 0.515 bits per heavy atom. The van der Waals surface area contributed by atoms with Crippen molar-refractivity contribution in [1.82, 2.24) is 60.0 Å². The number of rotatable bonds is 10. The van der Waals surface area contributed by atoms with E-state index in [1.807, 2.05) is 64.5 Å². The van der Waals surface area contributed by atoms with Crippen molar-refractivity contribution in [2.45, 2.75) is 70.1 Å². The number of nitrogens with zero attached hydrogens (tertiary/aromatic N) is 11. The number of hydrogen-bond donors (Lipinski definition) is 4. The van der Waals surface area contributed by atoms with Gasteiger partial charge in [-0.1, -0.05) is 71.2 Å². The van der Waals surface area contributed by atoms with Gasteiger partial charge in [0.15, 0.2) is 17.1 Å². The summed E-state index contributed by atoms with van der Waals surface area (Å²) >= 11 is 19.3. The van der Waals surface area contributed by atoms with E-state index in [9.17, 15) is 9.59 Å². The lowest BCUT2D eigenvalue weighted by Crippen LogP contribution is -2.59. The highest BCUT2D eigenvalue weighted by Gasteiger charge is 2.49. The van der Waals surface area contributed by atoms with Gasteiger partial charge in [-0.05, 0) is 58.7 Å². The van der Waals surface area contributed by atoms with Crippen LogP contribution in [0.25, 0.3) is 81.0 Å². The largest absolute Gasteiger partial charge is 0.472 e. The maximum Gasteiger partial charge on any atom is 0.410 e. The van der Waals surface area contributed by atoms with Crippen molar-refractivity contribution < 1.29 is 47.5 Å². The van der Waals surface area contributed by atoms with Crippen molar-refractivity contribution >= 4 is 110 Å². The first-order chi connectivity index (χ1) is 47.4. The molecule has 7 fully saturated rings. The van der Waals surface area contributed by atoms with Gasteiger partial charge in [0.25, 0.3) is 0 Å². The maximum atomic E-state index is 12.7. The van der Waals surface area contributed by atoms with Crippen LogP contribution >= 0.6 is 47.2 Å². The lowest BCUT2D eigenvalue weighted by molar-refractivity contribution is -0.113. The first-order valence-corrected chi connectivity index (χ1v) is 33.4. The number of piperidine rings is 3. The number of hydrogen-bond acceptors (Lipinski definition) is 17. The van der Waals surface area contributed by atoms with Crippen LogP contribution in [0, 0.1) is 55.2 Å². The molecule has 4 N–H and O–H groups in total. The standard InChI is InChI=1S/C25H24ClN5O4.C25H26ClN5O4.C20H18ClN5O2.ClH/c1-25(5-6-25)35-24(32)31-9-14-11-33-12-15(10-31)22(14)34-23-21-20(29-13-30-23)18(8-28-21)17-4-3-16(27-2)7-19(17)26;1-25(2,3)35-24(32)31-9-14-11-33-12-15(10-31)22(14)34-23-21-20(29-13-30-23)18(8-28-21)17-6-5-16(27-4)7-19(17)26;1-22-13-2-3-14(16(21)4-13)15-7-24-18-17(15)25-10-26-20(18)28-19-11-5-23-6-12(19)9-27-8-11;/h3-4,7-8,13-15,22,28H,5-6,9-12H2,1H3;5-8,13-15,22,28H,9-12H2,1-3H3;2-4,7,10-12,19,23-24H,5-6,8-9H2;1H. The number of amides is 2. The van der Waals surface area contributed by atoms with Gasteiger partial charge in [-0.25, -0.2) is 39.1 Å². The Bertz CT molecular complexity index is 4410. The number of fused-ring (bicyclic) bond motifs is 9. The fourth-order valence-corrected chi connectivity index (χ4v) is 14.5. The molecule has 6 aliphatic heterocycles. The molecular formula is C70H69Cl4N15O10. The van der Waals surface area contributed by atoms with Crippen molar-refractivity contribution in [3.05, 3.63) is 141 Å². The summed E-state index contributed by atoms with van der Waals surface area (Å²) in [5.74, 6) is 2.07. The van der Waals surface area contributed by atoms with Gasteiger partial charge in [-0.2, -0.15) is 15.0 Å². The Balaban J connectivity index is 0.000000134. The summed E-state index contributed by atoms with van der Waals surface area (Å²) in [5.41, 5.74) is 9.66. The van der Waals surface area contributed by atoms with Crippen LogP contribution in [0.1, 0.15) is 40.5 Å². The molecule has 0 radical (unpaired) electrons. The predicted octanol–water partition coefficient (Wildman–Crippen LogP) is 13.8. The number of H-pyrrole nitrogens is 3. The molecule has 99 heavy (non-hydrogen) atoms. The minimum absolute atomic E-state index is 0. The van der Waals surface area contributed by atoms with Gasteiger partial charge in [-0.15, -0.1) is 12.4 Å². The zero-order valence-corrected chi connectivity index (χ0v) is 57.4. The summed E-state index contributed by atoms with van der Waals surface area (Å²) in [7, 11) is 0. The lowest BCUT2D eigenvalue weighted by atomic mass is 9.84. The number of benzene rings is 3. The molecule has 6 saturated heterocycles. The molecule has 6 atom stereocenters. The Morgan fingerprint density at radius 3 is 1.17 bits per heavy atom. The molecule has 6 unspecified atom stereocenters. The number of halogens is 4. The predicted molar refractivity (Wildman–Crippen MR) is 372 cm³/mol. The van der Waals surface area contributed by atoms with E-state index in [-0.39, 0.29) is 72.2 Å². The van der Waals surface area contributed by atoms with Crippen LogP contribution < -0.4 is 19.5 Å². The van der Waals surface area contributed by atoms with E-state index in [1.54, 1.807) is 46.2 Å². The minimum atomic E-state index is -0.548. The summed E-state index contributed by atoms with van der Waals surface area (Å²) in [6.07, 6.45) is 11.0. The second-order valence-electron chi connectivity index (χ2n) is 26.8. The third-order valence-electron chi connectivity index (χ3n) is 18.8. The molecule has 6 bridgehead atoms. The molecule has 2 amide bonds. The summed E-state index contributed by atoms with van der Waals surface area (Å²) in [6.45, 7) is 36.2. The van der Waals surface area contributed by atoms with E-state index in [1.165, 1.54) is 19.0 Å². The molecule has 29 heteroatoms. The number of ether oxygens (including phenoxy) is 8. The Kier molecular flexibility index (Phi) is 19.8. The van der Waals surface area contributed by atoms with Gasteiger partial charge in [-0.3, -0.25) is 0 Å². The Morgan fingerprint density at radius 2 is 0.848 bits per heavy atom. The van der Waals surface area contributed by atoms with Crippen LogP contribution in [0.3, 0.4) is 0 Å².